The molecule has 2 atom stereocenters. The minimum Gasteiger partial charge on any atom is -0.323 e. The summed E-state index contributed by atoms with van der Waals surface area (Å²) in [5.41, 5.74) is 7.49. The molecule has 1 aromatic carbocycles. The molecule has 0 saturated heterocycles. The molecule has 1 amide bonds. The summed E-state index contributed by atoms with van der Waals surface area (Å²) in [6.45, 7) is 4.17. The molecule has 0 aromatic heterocycles. The fourth-order valence-electron chi connectivity index (χ4n) is 2.78. The van der Waals surface area contributed by atoms with Crippen LogP contribution in [0.3, 0.4) is 0 Å². The quantitative estimate of drug-likeness (QED) is 0.873. The van der Waals surface area contributed by atoms with Gasteiger partial charge in [0.15, 0.2) is 0 Å². The molecule has 2 unspecified atom stereocenters. The van der Waals surface area contributed by atoms with E-state index in [0.29, 0.717) is 5.92 Å². The van der Waals surface area contributed by atoms with Gasteiger partial charge in [0.2, 0.25) is 5.91 Å². The fraction of sp³-hybridized carbons (Fsp3) is 0.533. The van der Waals surface area contributed by atoms with Crippen LogP contribution in [0.2, 0.25) is 0 Å². The normalized spacial score (nSPS) is 27.1. The third-order valence-corrected chi connectivity index (χ3v) is 4.55. The number of hydrogen-bond acceptors (Lipinski definition) is 2. The van der Waals surface area contributed by atoms with Crippen molar-refractivity contribution in [1.82, 2.24) is 0 Å². The van der Waals surface area contributed by atoms with E-state index in [-0.39, 0.29) is 5.91 Å². The molecule has 19 heavy (non-hydrogen) atoms. The highest BCUT2D eigenvalue weighted by Gasteiger charge is 2.38. The van der Waals surface area contributed by atoms with Gasteiger partial charge in [-0.1, -0.05) is 25.8 Å². The van der Waals surface area contributed by atoms with E-state index < -0.39 is 5.54 Å². The highest BCUT2D eigenvalue weighted by Crippen LogP contribution is 2.32. The van der Waals surface area contributed by atoms with E-state index in [1.165, 1.54) is 6.42 Å². The lowest BCUT2D eigenvalue weighted by molar-refractivity contribution is -0.122. The number of benzene rings is 1. The first-order valence-corrected chi connectivity index (χ1v) is 7.56. The minimum absolute atomic E-state index is 0.0645. The Kier molecular flexibility index (Phi) is 4.31. The fourth-order valence-corrected chi connectivity index (χ4v) is 3.13. The van der Waals surface area contributed by atoms with Crippen LogP contribution in [-0.2, 0) is 4.79 Å². The zero-order valence-electron chi connectivity index (χ0n) is 11.5. The van der Waals surface area contributed by atoms with Gasteiger partial charge in [-0.05, 0) is 59.3 Å². The summed E-state index contributed by atoms with van der Waals surface area (Å²) in [5.74, 6) is 0.454. The van der Waals surface area contributed by atoms with E-state index in [0.717, 1.165) is 35.0 Å². The zero-order valence-corrected chi connectivity index (χ0v) is 13.1. The summed E-state index contributed by atoms with van der Waals surface area (Å²) in [6.07, 6.45) is 3.73. The van der Waals surface area contributed by atoms with E-state index in [2.05, 4.69) is 28.2 Å². The van der Waals surface area contributed by atoms with Gasteiger partial charge in [0.05, 0.1) is 11.2 Å². The standard InChI is InChI=1S/C15H21BrN2O/c1-10-5-6-12(16)13(8-10)18-14(19)15(17)7-3-4-11(2)9-15/h5-6,8,11H,3-4,7,9,17H2,1-2H3,(H,18,19). The molecule has 1 aromatic rings. The molecule has 1 saturated carbocycles. The van der Waals surface area contributed by atoms with Gasteiger partial charge in [-0.25, -0.2) is 0 Å². The molecule has 0 spiro atoms. The van der Waals surface area contributed by atoms with E-state index in [9.17, 15) is 4.79 Å². The highest BCUT2D eigenvalue weighted by atomic mass is 79.9. The average molecular weight is 325 g/mol. The molecular weight excluding hydrogens is 304 g/mol. The smallest absolute Gasteiger partial charge is 0.244 e. The summed E-state index contributed by atoms with van der Waals surface area (Å²) < 4.78 is 0.888. The van der Waals surface area contributed by atoms with Crippen LogP contribution in [-0.4, -0.2) is 11.4 Å². The molecule has 1 aliphatic carbocycles. The predicted octanol–water partition coefficient (Wildman–Crippen LogP) is 3.60. The van der Waals surface area contributed by atoms with Crippen molar-refractivity contribution < 1.29 is 4.79 Å². The largest absolute Gasteiger partial charge is 0.323 e. The molecule has 0 bridgehead atoms. The van der Waals surface area contributed by atoms with Gasteiger partial charge in [0.1, 0.15) is 0 Å². The van der Waals surface area contributed by atoms with Gasteiger partial charge in [-0.3, -0.25) is 4.79 Å². The molecule has 104 valence electrons. The third kappa shape index (κ3) is 3.37. The number of carbonyl (C=O) groups is 1. The Bertz CT molecular complexity index is 489. The number of carbonyl (C=O) groups excluding carboxylic acids is 1. The molecule has 3 nitrogen and oxygen atoms in total. The number of rotatable bonds is 2. The van der Waals surface area contributed by atoms with E-state index in [1.54, 1.807) is 0 Å². The van der Waals surface area contributed by atoms with E-state index >= 15 is 0 Å². The number of amides is 1. The van der Waals surface area contributed by atoms with Crippen LogP contribution in [0, 0.1) is 12.8 Å². The first kappa shape index (κ1) is 14.5. The summed E-state index contributed by atoms with van der Waals surface area (Å²) in [7, 11) is 0. The van der Waals surface area contributed by atoms with Crippen molar-refractivity contribution in [2.75, 3.05) is 5.32 Å². The van der Waals surface area contributed by atoms with Crippen molar-refractivity contribution in [3.05, 3.63) is 28.2 Å². The predicted molar refractivity (Wildman–Crippen MR) is 82.1 cm³/mol. The number of halogens is 1. The van der Waals surface area contributed by atoms with Crippen LogP contribution in [0.25, 0.3) is 0 Å². The molecule has 4 heteroatoms. The maximum absolute atomic E-state index is 12.4. The molecule has 0 radical (unpaired) electrons. The van der Waals surface area contributed by atoms with Crippen LogP contribution in [0.4, 0.5) is 5.69 Å². The lowest BCUT2D eigenvalue weighted by Gasteiger charge is -2.35. The molecule has 1 fully saturated rings. The van der Waals surface area contributed by atoms with Gasteiger partial charge in [-0.2, -0.15) is 0 Å². The average Bonchev–Trinajstić information content (AvgIpc) is 2.33. The lowest BCUT2D eigenvalue weighted by atomic mass is 9.76. The maximum atomic E-state index is 12.4. The lowest BCUT2D eigenvalue weighted by Crippen LogP contribution is -2.53. The topological polar surface area (TPSA) is 55.1 Å². The first-order valence-electron chi connectivity index (χ1n) is 6.77. The molecule has 1 aliphatic rings. The number of hydrogen-bond donors (Lipinski definition) is 2. The van der Waals surface area contributed by atoms with Gasteiger partial charge in [0, 0.05) is 4.47 Å². The van der Waals surface area contributed by atoms with Crippen LogP contribution >= 0.6 is 15.9 Å². The molecular formula is C15H21BrN2O. The molecule has 0 aliphatic heterocycles. The Balaban J connectivity index is 2.14. The van der Waals surface area contributed by atoms with E-state index in [4.69, 9.17) is 5.73 Å². The van der Waals surface area contributed by atoms with Crippen molar-refractivity contribution in [3.63, 3.8) is 0 Å². The summed E-state index contributed by atoms with van der Waals surface area (Å²) >= 11 is 3.46. The maximum Gasteiger partial charge on any atom is 0.244 e. The van der Waals surface area contributed by atoms with Crippen LogP contribution in [0.15, 0.2) is 22.7 Å². The molecule has 0 heterocycles. The molecule has 3 N–H and O–H groups in total. The van der Waals surface area contributed by atoms with Gasteiger partial charge < -0.3 is 11.1 Å². The number of anilines is 1. The van der Waals surface area contributed by atoms with Crippen LogP contribution in [0.1, 0.15) is 38.2 Å². The van der Waals surface area contributed by atoms with Gasteiger partial charge in [-0.15, -0.1) is 0 Å². The van der Waals surface area contributed by atoms with Crippen molar-refractivity contribution >= 4 is 27.5 Å². The van der Waals surface area contributed by atoms with Crippen molar-refractivity contribution in [2.45, 2.75) is 45.1 Å². The Labute approximate surface area is 123 Å². The van der Waals surface area contributed by atoms with E-state index in [1.807, 2.05) is 25.1 Å². The number of nitrogens with one attached hydrogen (secondary N) is 1. The van der Waals surface area contributed by atoms with Crippen molar-refractivity contribution in [3.8, 4) is 0 Å². The highest BCUT2D eigenvalue weighted by molar-refractivity contribution is 9.10. The zero-order chi connectivity index (χ0) is 14.0. The SMILES string of the molecule is Cc1ccc(Br)c(NC(=O)C2(N)CCCC(C)C2)c1. The summed E-state index contributed by atoms with van der Waals surface area (Å²) in [4.78, 5) is 12.4. The Morgan fingerprint density at radius 3 is 2.95 bits per heavy atom. The summed E-state index contributed by atoms with van der Waals surface area (Å²) in [6, 6.07) is 5.90. The Hall–Kier alpha value is -0.870. The monoisotopic (exact) mass is 324 g/mol. The first-order chi connectivity index (χ1) is 8.90. The van der Waals surface area contributed by atoms with Crippen LogP contribution in [0.5, 0.6) is 0 Å². The van der Waals surface area contributed by atoms with Gasteiger partial charge >= 0.3 is 0 Å². The minimum atomic E-state index is -0.721. The summed E-state index contributed by atoms with van der Waals surface area (Å²) in [5, 5.41) is 2.97. The Morgan fingerprint density at radius 1 is 1.53 bits per heavy atom. The number of nitrogens with two attached hydrogens (primary N) is 1. The Morgan fingerprint density at radius 2 is 2.26 bits per heavy atom. The van der Waals surface area contributed by atoms with Crippen molar-refractivity contribution in [1.29, 1.82) is 0 Å². The molecule has 2 rings (SSSR count). The second kappa shape index (κ2) is 5.63. The second-order valence-electron chi connectivity index (χ2n) is 5.80. The van der Waals surface area contributed by atoms with Crippen molar-refractivity contribution in [2.24, 2.45) is 11.7 Å². The second-order valence-corrected chi connectivity index (χ2v) is 6.65. The van der Waals surface area contributed by atoms with Gasteiger partial charge in [0.25, 0.3) is 0 Å². The third-order valence-electron chi connectivity index (χ3n) is 3.85. The number of aryl methyl sites for hydroxylation is 1. The van der Waals surface area contributed by atoms with Crippen LogP contribution < -0.4 is 11.1 Å².